The van der Waals surface area contributed by atoms with Crippen molar-refractivity contribution in [2.24, 2.45) is 0 Å². The van der Waals surface area contributed by atoms with E-state index in [1.54, 1.807) is 0 Å². The molecule has 1 N–H and O–H groups in total. The molecule has 2 amide bonds. The molecule has 0 saturated carbocycles. The SMILES string of the molecule is Cc1cc(CN2CCCN(C(=O)C3CSC(=O)N3)CC2)no1. The summed E-state index contributed by atoms with van der Waals surface area (Å²) in [6, 6.07) is 1.58. The molecular weight excluding hydrogens is 304 g/mol. The molecule has 2 fully saturated rings. The summed E-state index contributed by atoms with van der Waals surface area (Å²) >= 11 is 1.18. The normalized spacial score (nSPS) is 23.4. The molecule has 3 rings (SSSR count). The van der Waals surface area contributed by atoms with Gasteiger partial charge in [0.25, 0.3) is 5.24 Å². The smallest absolute Gasteiger partial charge is 0.279 e. The summed E-state index contributed by atoms with van der Waals surface area (Å²) in [5.74, 6) is 1.39. The van der Waals surface area contributed by atoms with Gasteiger partial charge in [-0.2, -0.15) is 0 Å². The Kier molecular flexibility index (Phi) is 4.68. The minimum Gasteiger partial charge on any atom is -0.361 e. The Morgan fingerprint density at radius 3 is 3.00 bits per heavy atom. The molecule has 2 aliphatic heterocycles. The van der Waals surface area contributed by atoms with Crippen molar-refractivity contribution in [3.63, 3.8) is 0 Å². The van der Waals surface area contributed by atoms with Crippen molar-refractivity contribution in [2.45, 2.75) is 25.9 Å². The van der Waals surface area contributed by atoms with Crippen molar-refractivity contribution >= 4 is 22.9 Å². The van der Waals surface area contributed by atoms with Crippen molar-refractivity contribution in [3.05, 3.63) is 17.5 Å². The van der Waals surface area contributed by atoms with Crippen molar-refractivity contribution in [3.8, 4) is 0 Å². The van der Waals surface area contributed by atoms with E-state index in [0.29, 0.717) is 12.3 Å². The Morgan fingerprint density at radius 2 is 2.32 bits per heavy atom. The summed E-state index contributed by atoms with van der Waals surface area (Å²) in [7, 11) is 0. The Bertz CT molecular complexity index is 562. The first-order valence-electron chi connectivity index (χ1n) is 7.48. The number of hydrogen-bond acceptors (Lipinski definition) is 6. The number of hydrogen-bond donors (Lipinski definition) is 1. The van der Waals surface area contributed by atoms with E-state index in [0.717, 1.165) is 44.1 Å². The zero-order chi connectivity index (χ0) is 15.5. The summed E-state index contributed by atoms with van der Waals surface area (Å²) in [5, 5.41) is 6.64. The number of amides is 2. The highest BCUT2D eigenvalue weighted by molar-refractivity contribution is 8.14. The van der Waals surface area contributed by atoms with E-state index in [1.165, 1.54) is 11.8 Å². The van der Waals surface area contributed by atoms with E-state index in [2.05, 4.69) is 15.4 Å². The number of thioether (sulfide) groups is 1. The Morgan fingerprint density at radius 1 is 1.45 bits per heavy atom. The lowest BCUT2D eigenvalue weighted by Gasteiger charge is -2.24. The molecule has 7 nitrogen and oxygen atoms in total. The van der Waals surface area contributed by atoms with Gasteiger partial charge in [0, 0.05) is 44.5 Å². The highest BCUT2D eigenvalue weighted by Gasteiger charge is 2.32. The standard InChI is InChI=1S/C14H20N4O3S/c1-10-7-11(16-21-10)8-17-3-2-4-18(6-5-17)13(19)12-9-22-14(20)15-12/h7,12H,2-6,8-9H2,1H3,(H,15,20). The van der Waals surface area contributed by atoms with Crippen LogP contribution in [0.4, 0.5) is 4.79 Å². The van der Waals surface area contributed by atoms with Crippen molar-refractivity contribution in [2.75, 3.05) is 31.9 Å². The molecule has 0 spiro atoms. The second-order valence-corrected chi connectivity index (χ2v) is 6.67. The fourth-order valence-electron chi connectivity index (χ4n) is 2.81. The maximum Gasteiger partial charge on any atom is 0.279 e. The highest BCUT2D eigenvalue weighted by atomic mass is 32.2. The number of carbonyl (C=O) groups excluding carboxylic acids is 2. The zero-order valence-electron chi connectivity index (χ0n) is 12.6. The predicted molar refractivity (Wildman–Crippen MR) is 82.5 cm³/mol. The lowest BCUT2D eigenvalue weighted by Crippen LogP contribution is -2.46. The predicted octanol–water partition coefficient (Wildman–Crippen LogP) is 0.842. The van der Waals surface area contributed by atoms with E-state index in [-0.39, 0.29) is 17.2 Å². The third-order valence-electron chi connectivity index (χ3n) is 3.93. The fourth-order valence-corrected chi connectivity index (χ4v) is 3.58. The van der Waals surface area contributed by atoms with Crippen LogP contribution < -0.4 is 5.32 Å². The summed E-state index contributed by atoms with van der Waals surface area (Å²) in [5.41, 5.74) is 0.928. The Balaban J connectivity index is 1.53. The van der Waals surface area contributed by atoms with Gasteiger partial charge in [0.15, 0.2) is 0 Å². The van der Waals surface area contributed by atoms with Crippen molar-refractivity contribution < 1.29 is 14.1 Å². The lowest BCUT2D eigenvalue weighted by atomic mass is 10.2. The van der Waals surface area contributed by atoms with Crippen LogP contribution in [0, 0.1) is 6.92 Å². The van der Waals surface area contributed by atoms with Crippen LogP contribution in [-0.4, -0.2) is 64.1 Å². The first-order chi connectivity index (χ1) is 10.6. The summed E-state index contributed by atoms with van der Waals surface area (Å²) in [6.45, 7) is 5.80. The van der Waals surface area contributed by atoms with E-state index in [9.17, 15) is 9.59 Å². The van der Waals surface area contributed by atoms with Gasteiger partial charge in [-0.1, -0.05) is 16.9 Å². The van der Waals surface area contributed by atoms with Gasteiger partial charge in [0.05, 0.1) is 5.69 Å². The number of aromatic nitrogens is 1. The lowest BCUT2D eigenvalue weighted by molar-refractivity contribution is -0.132. The second-order valence-electron chi connectivity index (χ2n) is 5.68. The monoisotopic (exact) mass is 324 g/mol. The van der Waals surface area contributed by atoms with Crippen LogP contribution in [0.25, 0.3) is 0 Å². The number of aryl methyl sites for hydroxylation is 1. The van der Waals surface area contributed by atoms with E-state index in [1.807, 2.05) is 17.9 Å². The molecule has 3 heterocycles. The maximum absolute atomic E-state index is 12.4. The van der Waals surface area contributed by atoms with E-state index in [4.69, 9.17) is 4.52 Å². The highest BCUT2D eigenvalue weighted by Crippen LogP contribution is 2.16. The van der Waals surface area contributed by atoms with Crippen LogP contribution in [0.3, 0.4) is 0 Å². The zero-order valence-corrected chi connectivity index (χ0v) is 13.4. The molecule has 120 valence electrons. The van der Waals surface area contributed by atoms with Gasteiger partial charge < -0.3 is 14.7 Å². The van der Waals surface area contributed by atoms with Crippen molar-refractivity contribution in [1.82, 2.24) is 20.3 Å². The molecule has 0 bridgehead atoms. The molecule has 1 aromatic heterocycles. The van der Waals surface area contributed by atoms with E-state index >= 15 is 0 Å². The average Bonchev–Trinajstić information content (AvgIpc) is 3.02. The van der Waals surface area contributed by atoms with Crippen molar-refractivity contribution in [1.29, 1.82) is 0 Å². The van der Waals surface area contributed by atoms with Crippen LogP contribution in [0.2, 0.25) is 0 Å². The molecule has 0 aliphatic carbocycles. The van der Waals surface area contributed by atoms with Crippen LogP contribution >= 0.6 is 11.8 Å². The molecule has 1 atom stereocenters. The Labute approximate surface area is 133 Å². The molecule has 2 saturated heterocycles. The first kappa shape index (κ1) is 15.4. The second kappa shape index (κ2) is 6.70. The summed E-state index contributed by atoms with van der Waals surface area (Å²) < 4.78 is 5.09. The molecule has 2 aliphatic rings. The number of rotatable bonds is 3. The van der Waals surface area contributed by atoms with E-state index < -0.39 is 0 Å². The Hall–Kier alpha value is -1.54. The topological polar surface area (TPSA) is 78.7 Å². The first-order valence-corrected chi connectivity index (χ1v) is 8.47. The third-order valence-corrected chi connectivity index (χ3v) is 4.81. The van der Waals surface area contributed by atoms with Crippen LogP contribution in [0.15, 0.2) is 10.6 Å². The maximum atomic E-state index is 12.4. The quantitative estimate of drug-likeness (QED) is 0.888. The summed E-state index contributed by atoms with van der Waals surface area (Å²) in [4.78, 5) is 27.8. The average molecular weight is 324 g/mol. The molecular formula is C14H20N4O3S. The van der Waals surface area contributed by atoms with Crippen LogP contribution in [0.1, 0.15) is 17.9 Å². The molecule has 22 heavy (non-hydrogen) atoms. The van der Waals surface area contributed by atoms with Gasteiger partial charge in [0.1, 0.15) is 11.8 Å². The van der Waals surface area contributed by atoms with Gasteiger partial charge in [-0.3, -0.25) is 14.5 Å². The fraction of sp³-hybridized carbons (Fsp3) is 0.643. The van der Waals surface area contributed by atoms with Crippen LogP contribution in [-0.2, 0) is 11.3 Å². The molecule has 0 aromatic carbocycles. The molecule has 1 aromatic rings. The minimum absolute atomic E-state index is 0.0393. The largest absolute Gasteiger partial charge is 0.361 e. The van der Waals surface area contributed by atoms with Gasteiger partial charge in [-0.15, -0.1) is 0 Å². The third kappa shape index (κ3) is 3.61. The van der Waals surface area contributed by atoms with Gasteiger partial charge in [0.2, 0.25) is 5.91 Å². The van der Waals surface area contributed by atoms with Crippen LogP contribution in [0.5, 0.6) is 0 Å². The van der Waals surface area contributed by atoms with Gasteiger partial charge >= 0.3 is 0 Å². The minimum atomic E-state index is -0.359. The molecule has 1 unspecified atom stereocenters. The molecule has 8 heteroatoms. The number of nitrogens with zero attached hydrogens (tertiary/aromatic N) is 3. The summed E-state index contributed by atoms with van der Waals surface area (Å²) in [6.07, 6.45) is 0.927. The number of carbonyl (C=O) groups is 2. The van der Waals surface area contributed by atoms with Gasteiger partial charge in [-0.25, -0.2) is 0 Å². The molecule has 0 radical (unpaired) electrons. The van der Waals surface area contributed by atoms with Gasteiger partial charge in [-0.05, 0) is 13.3 Å². The number of nitrogens with one attached hydrogen (secondary N) is 1.